The molecular weight excluding hydrogens is 256 g/mol. The van der Waals surface area contributed by atoms with E-state index >= 15 is 0 Å². The minimum absolute atomic E-state index is 0.572. The molecule has 2 aromatic heterocycles. The summed E-state index contributed by atoms with van der Waals surface area (Å²) in [6, 6.07) is 1.83. The standard InChI is InChI=1S/C10H7BrN4/c1-3-8-6-9(11)7(2)14-10(8)15-12-4-5-13-15/h1,4-6H,2H3. The normalized spacial score (nSPS) is 9.93. The van der Waals surface area contributed by atoms with E-state index in [1.165, 1.54) is 4.80 Å². The summed E-state index contributed by atoms with van der Waals surface area (Å²) in [6.07, 6.45) is 8.56. The maximum atomic E-state index is 5.40. The van der Waals surface area contributed by atoms with Crippen LogP contribution in [0.3, 0.4) is 0 Å². The molecule has 2 aromatic rings. The Labute approximate surface area is 95.5 Å². The van der Waals surface area contributed by atoms with Gasteiger partial charge in [0, 0.05) is 4.47 Å². The lowest BCUT2D eigenvalue weighted by Gasteiger charge is -2.05. The largest absolute Gasteiger partial charge is 0.230 e. The van der Waals surface area contributed by atoms with Gasteiger partial charge in [0.25, 0.3) is 0 Å². The van der Waals surface area contributed by atoms with E-state index in [0.717, 1.165) is 10.2 Å². The van der Waals surface area contributed by atoms with Gasteiger partial charge in [-0.2, -0.15) is 10.2 Å². The molecule has 0 unspecified atom stereocenters. The molecule has 4 nitrogen and oxygen atoms in total. The summed E-state index contributed by atoms with van der Waals surface area (Å²) in [4.78, 5) is 5.75. The number of aromatic nitrogens is 4. The van der Waals surface area contributed by atoms with Gasteiger partial charge >= 0.3 is 0 Å². The summed E-state index contributed by atoms with van der Waals surface area (Å²) < 4.78 is 0.881. The lowest BCUT2D eigenvalue weighted by atomic mass is 10.2. The molecule has 0 radical (unpaired) electrons. The van der Waals surface area contributed by atoms with Crippen LogP contribution < -0.4 is 0 Å². The second-order valence-electron chi connectivity index (χ2n) is 2.89. The predicted octanol–water partition coefficient (Wildman–Crippen LogP) is 1.71. The average molecular weight is 263 g/mol. The number of halogens is 1. The van der Waals surface area contributed by atoms with E-state index < -0.39 is 0 Å². The van der Waals surface area contributed by atoms with Crippen LogP contribution in [-0.4, -0.2) is 20.0 Å². The summed E-state index contributed by atoms with van der Waals surface area (Å²) in [6.45, 7) is 1.89. The molecule has 74 valence electrons. The third-order valence-electron chi connectivity index (χ3n) is 1.89. The number of pyridine rings is 1. The van der Waals surface area contributed by atoms with Gasteiger partial charge in [0.1, 0.15) is 0 Å². The predicted molar refractivity (Wildman–Crippen MR) is 59.5 cm³/mol. The molecule has 5 heteroatoms. The molecule has 0 aromatic carbocycles. The molecule has 0 atom stereocenters. The van der Waals surface area contributed by atoms with Gasteiger partial charge in [0.15, 0.2) is 5.82 Å². The number of rotatable bonds is 1. The van der Waals surface area contributed by atoms with Gasteiger partial charge in [0.05, 0.1) is 23.7 Å². The highest BCUT2D eigenvalue weighted by Crippen LogP contribution is 2.19. The Morgan fingerprint density at radius 1 is 1.40 bits per heavy atom. The van der Waals surface area contributed by atoms with Crippen LogP contribution in [0.4, 0.5) is 0 Å². The monoisotopic (exact) mass is 262 g/mol. The second-order valence-corrected chi connectivity index (χ2v) is 3.74. The molecule has 0 bridgehead atoms. The van der Waals surface area contributed by atoms with Crippen molar-refractivity contribution in [3.63, 3.8) is 0 Å². The molecule has 0 aliphatic rings. The lowest BCUT2D eigenvalue weighted by Crippen LogP contribution is -2.05. The van der Waals surface area contributed by atoms with Crippen molar-refractivity contribution in [1.82, 2.24) is 20.0 Å². The Kier molecular flexibility index (Phi) is 2.52. The molecule has 0 aliphatic heterocycles. The highest BCUT2D eigenvalue weighted by molar-refractivity contribution is 9.10. The fourth-order valence-electron chi connectivity index (χ4n) is 1.15. The minimum Gasteiger partial charge on any atom is -0.230 e. The average Bonchev–Trinajstić information content (AvgIpc) is 2.74. The first-order chi connectivity index (χ1) is 7.22. The molecule has 0 spiro atoms. The van der Waals surface area contributed by atoms with Crippen molar-refractivity contribution in [1.29, 1.82) is 0 Å². The third-order valence-corrected chi connectivity index (χ3v) is 2.70. The molecule has 0 saturated heterocycles. The van der Waals surface area contributed by atoms with Crippen molar-refractivity contribution < 1.29 is 0 Å². The molecule has 0 N–H and O–H groups in total. The molecule has 0 amide bonds. The highest BCUT2D eigenvalue weighted by Gasteiger charge is 2.09. The fourth-order valence-corrected chi connectivity index (χ4v) is 1.47. The highest BCUT2D eigenvalue weighted by atomic mass is 79.9. The van der Waals surface area contributed by atoms with Gasteiger partial charge in [-0.3, -0.25) is 0 Å². The van der Waals surface area contributed by atoms with Crippen LogP contribution in [0.25, 0.3) is 5.82 Å². The van der Waals surface area contributed by atoms with Crippen LogP contribution in [-0.2, 0) is 0 Å². The Bertz CT molecular complexity index is 525. The van der Waals surface area contributed by atoms with Crippen LogP contribution in [0.15, 0.2) is 22.9 Å². The van der Waals surface area contributed by atoms with E-state index in [9.17, 15) is 0 Å². The molecule has 2 heterocycles. The summed E-state index contributed by atoms with van der Waals surface area (Å²) in [5.41, 5.74) is 1.50. The molecule has 2 rings (SSSR count). The van der Waals surface area contributed by atoms with Gasteiger partial charge in [0.2, 0.25) is 0 Å². The quantitative estimate of drug-likeness (QED) is 0.736. The van der Waals surface area contributed by atoms with Crippen molar-refractivity contribution in [3.8, 4) is 18.2 Å². The van der Waals surface area contributed by atoms with Crippen LogP contribution in [0.2, 0.25) is 0 Å². The number of hydrogen-bond acceptors (Lipinski definition) is 3. The molecule has 15 heavy (non-hydrogen) atoms. The first kappa shape index (κ1) is 9.87. The molecule has 0 saturated carbocycles. The molecular formula is C10H7BrN4. The zero-order valence-corrected chi connectivity index (χ0v) is 9.56. The fraction of sp³-hybridized carbons (Fsp3) is 0.100. The van der Waals surface area contributed by atoms with E-state index in [1.807, 2.05) is 13.0 Å². The first-order valence-corrected chi connectivity index (χ1v) is 5.02. The number of terminal acetylenes is 1. The summed E-state index contributed by atoms with van der Waals surface area (Å²) in [5, 5.41) is 8.00. The Hall–Kier alpha value is -1.67. The van der Waals surface area contributed by atoms with E-state index in [1.54, 1.807) is 12.4 Å². The van der Waals surface area contributed by atoms with Crippen LogP contribution in [0.5, 0.6) is 0 Å². The third kappa shape index (κ3) is 1.76. The van der Waals surface area contributed by atoms with Crippen LogP contribution in [0.1, 0.15) is 11.3 Å². The minimum atomic E-state index is 0.572. The van der Waals surface area contributed by atoms with E-state index in [-0.39, 0.29) is 0 Å². The zero-order chi connectivity index (χ0) is 10.8. The van der Waals surface area contributed by atoms with E-state index in [2.05, 4.69) is 37.0 Å². The van der Waals surface area contributed by atoms with Gasteiger partial charge in [-0.25, -0.2) is 4.98 Å². The van der Waals surface area contributed by atoms with Crippen molar-refractivity contribution in [2.24, 2.45) is 0 Å². The smallest absolute Gasteiger partial charge is 0.190 e. The number of nitrogens with zero attached hydrogens (tertiary/aromatic N) is 4. The van der Waals surface area contributed by atoms with Crippen LogP contribution >= 0.6 is 15.9 Å². The first-order valence-electron chi connectivity index (χ1n) is 4.23. The van der Waals surface area contributed by atoms with Crippen molar-refractivity contribution in [2.45, 2.75) is 6.92 Å². The Balaban J connectivity index is 2.67. The SMILES string of the molecule is C#Cc1cc(Br)c(C)nc1-n1nccn1. The van der Waals surface area contributed by atoms with Crippen LogP contribution in [0, 0.1) is 19.3 Å². The van der Waals surface area contributed by atoms with Crippen molar-refractivity contribution in [2.75, 3.05) is 0 Å². The van der Waals surface area contributed by atoms with Gasteiger partial charge < -0.3 is 0 Å². The lowest BCUT2D eigenvalue weighted by molar-refractivity contribution is 0.723. The van der Waals surface area contributed by atoms with E-state index in [0.29, 0.717) is 11.4 Å². The number of hydrogen-bond donors (Lipinski definition) is 0. The number of aryl methyl sites for hydroxylation is 1. The van der Waals surface area contributed by atoms with E-state index in [4.69, 9.17) is 6.42 Å². The second kappa shape index (κ2) is 3.83. The van der Waals surface area contributed by atoms with Crippen molar-refractivity contribution in [3.05, 3.63) is 34.2 Å². The summed E-state index contributed by atoms with van der Waals surface area (Å²) in [7, 11) is 0. The zero-order valence-electron chi connectivity index (χ0n) is 7.98. The topological polar surface area (TPSA) is 43.6 Å². The Morgan fingerprint density at radius 2 is 2.07 bits per heavy atom. The summed E-state index contributed by atoms with van der Waals surface area (Å²) >= 11 is 3.38. The van der Waals surface area contributed by atoms with Gasteiger partial charge in [-0.15, -0.1) is 11.2 Å². The maximum absolute atomic E-state index is 5.40. The molecule has 0 aliphatic carbocycles. The van der Waals surface area contributed by atoms with Crippen molar-refractivity contribution >= 4 is 15.9 Å². The molecule has 0 fully saturated rings. The Morgan fingerprint density at radius 3 is 2.67 bits per heavy atom. The maximum Gasteiger partial charge on any atom is 0.190 e. The summed E-state index contributed by atoms with van der Waals surface area (Å²) in [5.74, 6) is 3.13. The van der Waals surface area contributed by atoms with Gasteiger partial charge in [-0.05, 0) is 28.9 Å². The van der Waals surface area contributed by atoms with Gasteiger partial charge in [-0.1, -0.05) is 5.92 Å².